The van der Waals surface area contributed by atoms with E-state index >= 15 is 0 Å². The Labute approximate surface area is 153 Å². The van der Waals surface area contributed by atoms with Crippen LogP contribution in [0.2, 0.25) is 0 Å². The molecule has 136 valence electrons. The van der Waals surface area contributed by atoms with Crippen molar-refractivity contribution in [1.29, 1.82) is 0 Å². The molecule has 1 unspecified atom stereocenters. The first-order chi connectivity index (χ1) is 12.8. The first-order valence-corrected chi connectivity index (χ1v) is 9.14. The van der Waals surface area contributed by atoms with Crippen molar-refractivity contribution in [3.8, 4) is 17.0 Å². The number of H-pyrrole nitrogens is 1. The smallest absolute Gasteiger partial charge is 0.154 e. The van der Waals surface area contributed by atoms with Gasteiger partial charge in [0, 0.05) is 23.7 Å². The van der Waals surface area contributed by atoms with Gasteiger partial charge in [-0.1, -0.05) is 24.2 Å². The highest BCUT2D eigenvalue weighted by molar-refractivity contribution is 5.64. The summed E-state index contributed by atoms with van der Waals surface area (Å²) in [5, 5.41) is 11.6. The molecule has 0 radical (unpaired) electrons. The maximum atomic E-state index is 5.60. The standard InChI is InChI=1S/C20H24N4O2/c1-3-16-11-19(26-23-16)18-8-5-9-24(18)13-15-12-21-22-20(15)14-6-4-7-17(10-14)25-2/h4,6-7,10-12,18H,3,5,8-9,13H2,1-2H3,(H,21,22). The van der Waals surface area contributed by atoms with Crippen LogP contribution < -0.4 is 4.74 Å². The Morgan fingerprint density at radius 2 is 2.27 bits per heavy atom. The minimum atomic E-state index is 0.288. The van der Waals surface area contributed by atoms with E-state index in [1.54, 1.807) is 7.11 Å². The van der Waals surface area contributed by atoms with E-state index < -0.39 is 0 Å². The van der Waals surface area contributed by atoms with Crippen LogP contribution in [0.1, 0.15) is 42.8 Å². The fourth-order valence-corrected chi connectivity index (χ4v) is 3.67. The SMILES string of the molecule is CCc1cc(C2CCCN2Cc2cn[nH]c2-c2cccc(OC)c2)on1. The molecule has 1 saturated heterocycles. The van der Waals surface area contributed by atoms with Crippen LogP contribution in [0.3, 0.4) is 0 Å². The van der Waals surface area contributed by atoms with E-state index in [0.717, 1.165) is 54.4 Å². The molecular formula is C20H24N4O2. The van der Waals surface area contributed by atoms with Gasteiger partial charge in [-0.05, 0) is 37.9 Å². The van der Waals surface area contributed by atoms with Gasteiger partial charge >= 0.3 is 0 Å². The Hall–Kier alpha value is -2.60. The van der Waals surface area contributed by atoms with Crippen LogP contribution in [0, 0.1) is 0 Å². The minimum absolute atomic E-state index is 0.288. The molecule has 3 aromatic rings. The summed E-state index contributed by atoms with van der Waals surface area (Å²) < 4.78 is 11.0. The number of hydrogen-bond donors (Lipinski definition) is 1. The van der Waals surface area contributed by atoms with Crippen molar-refractivity contribution in [2.24, 2.45) is 0 Å². The molecule has 6 heteroatoms. The molecule has 1 aliphatic heterocycles. The van der Waals surface area contributed by atoms with Crippen LogP contribution in [0.25, 0.3) is 11.3 Å². The first kappa shape index (κ1) is 16.8. The number of nitrogens with one attached hydrogen (secondary N) is 1. The first-order valence-electron chi connectivity index (χ1n) is 9.14. The highest BCUT2D eigenvalue weighted by atomic mass is 16.5. The second-order valence-corrected chi connectivity index (χ2v) is 6.70. The fraction of sp³-hybridized carbons (Fsp3) is 0.400. The third-order valence-electron chi connectivity index (χ3n) is 5.08. The number of likely N-dealkylation sites (tertiary alicyclic amines) is 1. The van der Waals surface area contributed by atoms with Crippen molar-refractivity contribution in [2.45, 2.75) is 38.8 Å². The summed E-state index contributed by atoms with van der Waals surface area (Å²) in [6.45, 7) is 3.98. The van der Waals surface area contributed by atoms with Gasteiger partial charge in [0.1, 0.15) is 5.75 Å². The van der Waals surface area contributed by atoms with Crippen molar-refractivity contribution >= 4 is 0 Å². The van der Waals surface area contributed by atoms with Crippen molar-refractivity contribution in [3.63, 3.8) is 0 Å². The van der Waals surface area contributed by atoms with Gasteiger partial charge in [0.05, 0.1) is 30.7 Å². The normalized spacial score (nSPS) is 17.7. The predicted molar refractivity (Wildman–Crippen MR) is 98.8 cm³/mol. The molecule has 6 nitrogen and oxygen atoms in total. The molecular weight excluding hydrogens is 328 g/mol. The molecule has 0 spiro atoms. The maximum Gasteiger partial charge on any atom is 0.154 e. The monoisotopic (exact) mass is 352 g/mol. The lowest BCUT2D eigenvalue weighted by molar-refractivity contribution is 0.206. The zero-order valence-corrected chi connectivity index (χ0v) is 15.2. The Morgan fingerprint density at radius 1 is 1.35 bits per heavy atom. The van der Waals surface area contributed by atoms with Crippen LogP contribution in [0.15, 0.2) is 41.1 Å². The van der Waals surface area contributed by atoms with Crippen LogP contribution >= 0.6 is 0 Å². The zero-order valence-electron chi connectivity index (χ0n) is 15.2. The lowest BCUT2D eigenvalue weighted by Crippen LogP contribution is -2.22. The second kappa shape index (κ2) is 7.33. The Morgan fingerprint density at radius 3 is 3.08 bits per heavy atom. The van der Waals surface area contributed by atoms with Gasteiger partial charge in [0.15, 0.2) is 5.76 Å². The maximum absolute atomic E-state index is 5.60. The molecule has 0 bridgehead atoms. The molecule has 1 aromatic carbocycles. The highest BCUT2D eigenvalue weighted by Crippen LogP contribution is 2.35. The fourth-order valence-electron chi connectivity index (χ4n) is 3.67. The van der Waals surface area contributed by atoms with Gasteiger partial charge in [-0.25, -0.2) is 0 Å². The Bertz CT molecular complexity index is 870. The topological polar surface area (TPSA) is 67.2 Å². The van der Waals surface area contributed by atoms with E-state index in [1.165, 1.54) is 12.0 Å². The molecule has 0 aliphatic carbocycles. The molecule has 26 heavy (non-hydrogen) atoms. The van der Waals surface area contributed by atoms with Gasteiger partial charge < -0.3 is 9.26 Å². The lowest BCUT2D eigenvalue weighted by Gasteiger charge is -2.22. The number of rotatable bonds is 6. The number of aryl methyl sites for hydroxylation is 1. The van der Waals surface area contributed by atoms with E-state index in [4.69, 9.17) is 9.26 Å². The number of methoxy groups -OCH3 is 1. The Kier molecular flexibility index (Phi) is 4.75. The number of aromatic nitrogens is 3. The highest BCUT2D eigenvalue weighted by Gasteiger charge is 2.30. The van der Waals surface area contributed by atoms with Crippen molar-refractivity contribution in [1.82, 2.24) is 20.3 Å². The molecule has 4 rings (SSSR count). The summed E-state index contributed by atoms with van der Waals surface area (Å²) in [4.78, 5) is 2.45. The van der Waals surface area contributed by atoms with Crippen LogP contribution in [0.5, 0.6) is 5.75 Å². The number of hydrogen-bond acceptors (Lipinski definition) is 5. The van der Waals surface area contributed by atoms with E-state index in [0.29, 0.717) is 0 Å². The van der Waals surface area contributed by atoms with Gasteiger partial charge in [0.2, 0.25) is 0 Å². The average molecular weight is 352 g/mol. The van der Waals surface area contributed by atoms with E-state index in [1.807, 2.05) is 24.4 Å². The lowest BCUT2D eigenvalue weighted by atomic mass is 10.1. The summed E-state index contributed by atoms with van der Waals surface area (Å²) in [6, 6.07) is 10.4. The van der Waals surface area contributed by atoms with Gasteiger partial charge in [-0.2, -0.15) is 5.10 Å². The van der Waals surface area contributed by atoms with Crippen molar-refractivity contribution in [3.05, 3.63) is 53.5 Å². The van der Waals surface area contributed by atoms with Crippen LogP contribution in [-0.4, -0.2) is 33.9 Å². The molecule has 1 atom stereocenters. The molecule has 1 aliphatic rings. The van der Waals surface area contributed by atoms with E-state index in [-0.39, 0.29) is 6.04 Å². The molecule has 0 saturated carbocycles. The van der Waals surface area contributed by atoms with E-state index in [2.05, 4.69) is 39.3 Å². The summed E-state index contributed by atoms with van der Waals surface area (Å²) in [7, 11) is 1.68. The molecule has 3 heterocycles. The largest absolute Gasteiger partial charge is 0.497 e. The molecule has 1 fully saturated rings. The Balaban J connectivity index is 1.56. The van der Waals surface area contributed by atoms with Gasteiger partial charge in [0.25, 0.3) is 0 Å². The minimum Gasteiger partial charge on any atom is -0.497 e. The third kappa shape index (κ3) is 3.24. The summed E-state index contributed by atoms with van der Waals surface area (Å²) in [5.74, 6) is 1.82. The van der Waals surface area contributed by atoms with E-state index in [9.17, 15) is 0 Å². The van der Waals surface area contributed by atoms with Crippen LogP contribution in [0.4, 0.5) is 0 Å². The summed E-state index contributed by atoms with van der Waals surface area (Å²) in [6.07, 6.45) is 5.09. The van der Waals surface area contributed by atoms with Crippen molar-refractivity contribution in [2.75, 3.05) is 13.7 Å². The predicted octanol–water partition coefficient (Wildman–Crippen LogP) is 3.97. The number of ether oxygens (including phenoxy) is 1. The summed E-state index contributed by atoms with van der Waals surface area (Å²) >= 11 is 0. The molecule has 1 N–H and O–H groups in total. The van der Waals surface area contributed by atoms with Gasteiger partial charge in [-0.15, -0.1) is 0 Å². The number of aromatic amines is 1. The molecule has 0 amide bonds. The van der Waals surface area contributed by atoms with Crippen LogP contribution in [-0.2, 0) is 13.0 Å². The number of benzene rings is 1. The van der Waals surface area contributed by atoms with Gasteiger partial charge in [-0.3, -0.25) is 10.00 Å². The summed E-state index contributed by atoms with van der Waals surface area (Å²) in [5.41, 5.74) is 4.33. The zero-order chi connectivity index (χ0) is 17.9. The quantitative estimate of drug-likeness (QED) is 0.727. The average Bonchev–Trinajstić information content (AvgIpc) is 3.42. The van der Waals surface area contributed by atoms with Crippen molar-refractivity contribution < 1.29 is 9.26 Å². The number of nitrogens with zero attached hydrogens (tertiary/aromatic N) is 3. The molecule has 2 aromatic heterocycles. The second-order valence-electron chi connectivity index (χ2n) is 6.70. The third-order valence-corrected chi connectivity index (χ3v) is 5.08.